The predicted octanol–water partition coefficient (Wildman–Crippen LogP) is -1.08. The molecule has 3 aliphatic rings. The second-order valence-electron chi connectivity index (χ2n) is 8.09. The van der Waals surface area contributed by atoms with Crippen LogP contribution in [0.2, 0.25) is 0 Å². The number of aromatic amines is 2. The second kappa shape index (κ2) is 5.75. The van der Waals surface area contributed by atoms with Crippen LogP contribution in [0.1, 0.15) is 26.2 Å². The first-order chi connectivity index (χ1) is 12.1. The number of aromatic nitrogens is 2. The van der Waals surface area contributed by atoms with Gasteiger partial charge in [0, 0.05) is 36.8 Å². The van der Waals surface area contributed by atoms with Gasteiger partial charge in [-0.3, -0.25) is 14.7 Å². The standard InChI is InChI=1S/C16H24N4O5S/c1-16-5-10-8-20(7-9(13(16)21)3-4-12(16)19(10)2)26(24,25)11-6-17-15(23)18-14(11)22/h6,9-10,12-13,21H,3-5,7-8H2,1-2H3,(H2,17,18,22,23)/t9-,10-,12-,13+,16-/m0/s1. The molecule has 9 nitrogen and oxygen atoms in total. The SMILES string of the molecule is CN1[C@@H]2CN(S(=O)(=O)c3c[nH]c(=O)[nH]c3=O)C[C@@H]3CC[C@H]1[C@](C)(C2)[C@@H]3O. The molecule has 26 heavy (non-hydrogen) atoms. The molecule has 3 heterocycles. The normalized spacial score (nSPS) is 38.3. The minimum Gasteiger partial charge on any atom is -0.392 e. The number of likely N-dealkylation sites (tertiary alicyclic amines) is 1. The van der Waals surface area contributed by atoms with Crippen molar-refractivity contribution in [2.24, 2.45) is 11.3 Å². The summed E-state index contributed by atoms with van der Waals surface area (Å²) in [6.45, 7) is 2.54. The van der Waals surface area contributed by atoms with Crippen molar-refractivity contribution in [2.75, 3.05) is 20.1 Å². The van der Waals surface area contributed by atoms with Crippen molar-refractivity contribution < 1.29 is 13.5 Å². The Morgan fingerprint density at radius 2 is 2.00 bits per heavy atom. The van der Waals surface area contributed by atoms with Crippen LogP contribution in [-0.4, -0.2) is 71.0 Å². The molecular formula is C16H24N4O5S. The first-order valence-corrected chi connectivity index (χ1v) is 10.3. The molecule has 0 aromatic carbocycles. The minimum atomic E-state index is -4.08. The van der Waals surface area contributed by atoms with Crippen LogP contribution >= 0.6 is 0 Å². The first-order valence-electron chi connectivity index (χ1n) is 8.87. The molecule has 5 atom stereocenters. The highest BCUT2D eigenvalue weighted by Crippen LogP contribution is 2.52. The summed E-state index contributed by atoms with van der Waals surface area (Å²) in [6.07, 6.45) is 2.76. The van der Waals surface area contributed by atoms with Gasteiger partial charge in [0.1, 0.15) is 0 Å². The Morgan fingerprint density at radius 3 is 2.69 bits per heavy atom. The number of aliphatic hydroxyl groups is 1. The second-order valence-corrected chi connectivity index (χ2v) is 9.99. The summed E-state index contributed by atoms with van der Waals surface area (Å²) in [4.78, 5) is 29.2. The largest absolute Gasteiger partial charge is 0.392 e. The van der Waals surface area contributed by atoms with Gasteiger partial charge in [0.25, 0.3) is 5.56 Å². The van der Waals surface area contributed by atoms with E-state index in [1.807, 2.05) is 12.0 Å². The van der Waals surface area contributed by atoms with E-state index < -0.39 is 32.3 Å². The van der Waals surface area contributed by atoms with Crippen LogP contribution in [0.15, 0.2) is 20.7 Å². The Labute approximate surface area is 151 Å². The van der Waals surface area contributed by atoms with Gasteiger partial charge >= 0.3 is 5.69 Å². The molecular weight excluding hydrogens is 360 g/mol. The summed E-state index contributed by atoms with van der Waals surface area (Å²) in [5.74, 6) is -0.166. The molecule has 4 rings (SSSR count). The maximum Gasteiger partial charge on any atom is 0.325 e. The molecule has 3 fully saturated rings. The van der Waals surface area contributed by atoms with E-state index in [0.29, 0.717) is 0 Å². The summed E-state index contributed by atoms with van der Waals surface area (Å²) in [6, 6.07) is 0.216. The van der Waals surface area contributed by atoms with Crippen LogP contribution in [0.5, 0.6) is 0 Å². The fraction of sp³-hybridized carbons (Fsp3) is 0.750. The summed E-state index contributed by atoms with van der Waals surface area (Å²) in [5, 5.41) is 10.9. The van der Waals surface area contributed by atoms with Crippen molar-refractivity contribution in [3.63, 3.8) is 0 Å². The minimum absolute atomic E-state index is 0.0182. The monoisotopic (exact) mass is 384 g/mol. The summed E-state index contributed by atoms with van der Waals surface area (Å²) >= 11 is 0. The predicted molar refractivity (Wildman–Crippen MR) is 93.2 cm³/mol. The summed E-state index contributed by atoms with van der Waals surface area (Å²) in [5.41, 5.74) is -1.90. The number of hydrogen-bond acceptors (Lipinski definition) is 6. The zero-order chi connectivity index (χ0) is 18.9. The lowest BCUT2D eigenvalue weighted by Gasteiger charge is -2.47. The fourth-order valence-corrected chi connectivity index (χ4v) is 6.83. The van der Waals surface area contributed by atoms with Crippen LogP contribution in [-0.2, 0) is 10.0 Å². The van der Waals surface area contributed by atoms with Crippen LogP contribution < -0.4 is 11.2 Å². The average molecular weight is 384 g/mol. The van der Waals surface area contributed by atoms with Crippen LogP contribution in [0.25, 0.3) is 0 Å². The van der Waals surface area contributed by atoms with Gasteiger partial charge in [-0.1, -0.05) is 6.92 Å². The summed E-state index contributed by atoms with van der Waals surface area (Å²) < 4.78 is 27.5. The lowest BCUT2D eigenvalue weighted by Crippen LogP contribution is -2.54. The summed E-state index contributed by atoms with van der Waals surface area (Å²) in [7, 11) is -2.10. The number of fused-ring (bicyclic) bond motifs is 2. The van der Waals surface area contributed by atoms with Crippen molar-refractivity contribution in [3.05, 3.63) is 27.0 Å². The molecule has 0 spiro atoms. The number of aliphatic hydroxyl groups excluding tert-OH is 1. The Morgan fingerprint density at radius 1 is 1.27 bits per heavy atom. The molecule has 1 aliphatic carbocycles. The van der Waals surface area contributed by atoms with Crippen molar-refractivity contribution >= 4 is 10.0 Å². The van der Waals surface area contributed by atoms with Gasteiger partial charge in [-0.05, 0) is 32.2 Å². The number of likely N-dealkylation sites (N-methyl/N-ethyl adjacent to an activating group) is 1. The van der Waals surface area contributed by atoms with E-state index in [1.165, 1.54) is 4.31 Å². The van der Waals surface area contributed by atoms with Gasteiger partial charge in [0.05, 0.1) is 6.10 Å². The number of H-pyrrole nitrogens is 2. The highest BCUT2D eigenvalue weighted by Gasteiger charge is 2.58. The van der Waals surface area contributed by atoms with Gasteiger partial charge in [0.2, 0.25) is 10.0 Å². The van der Waals surface area contributed by atoms with Crippen LogP contribution in [0.4, 0.5) is 0 Å². The molecule has 10 heteroatoms. The van der Waals surface area contributed by atoms with Gasteiger partial charge < -0.3 is 10.1 Å². The highest BCUT2D eigenvalue weighted by molar-refractivity contribution is 7.89. The molecule has 2 saturated heterocycles. The number of nitrogens with zero attached hydrogens (tertiary/aromatic N) is 2. The maximum atomic E-state index is 13.1. The molecule has 144 valence electrons. The third-order valence-corrected chi connectivity index (χ3v) is 8.53. The molecule has 1 aromatic heterocycles. The molecule has 0 unspecified atom stereocenters. The lowest BCUT2D eigenvalue weighted by atomic mass is 9.64. The van der Waals surface area contributed by atoms with Crippen LogP contribution in [0, 0.1) is 11.3 Å². The van der Waals surface area contributed by atoms with E-state index in [4.69, 9.17) is 0 Å². The van der Waals surface area contributed by atoms with Crippen LogP contribution in [0.3, 0.4) is 0 Å². The van der Waals surface area contributed by atoms with Gasteiger partial charge in [-0.25, -0.2) is 13.2 Å². The first kappa shape index (κ1) is 17.9. The number of nitrogens with one attached hydrogen (secondary N) is 2. The molecule has 3 bridgehead atoms. The Hall–Kier alpha value is -1.49. The smallest absolute Gasteiger partial charge is 0.325 e. The fourth-order valence-electron chi connectivity index (χ4n) is 5.31. The van der Waals surface area contributed by atoms with E-state index in [1.54, 1.807) is 0 Å². The molecule has 0 amide bonds. The quantitative estimate of drug-likeness (QED) is 0.595. The number of sulfonamides is 1. The van der Waals surface area contributed by atoms with Crippen molar-refractivity contribution in [2.45, 2.75) is 49.3 Å². The topological polar surface area (TPSA) is 127 Å². The van der Waals surface area contributed by atoms with E-state index in [2.05, 4.69) is 16.8 Å². The molecule has 1 aromatic rings. The Kier molecular flexibility index (Phi) is 3.96. The van der Waals surface area contributed by atoms with Crippen molar-refractivity contribution in [1.82, 2.24) is 19.2 Å². The highest BCUT2D eigenvalue weighted by atomic mass is 32.2. The number of rotatable bonds is 2. The zero-order valence-electron chi connectivity index (χ0n) is 14.8. The Balaban J connectivity index is 1.76. The van der Waals surface area contributed by atoms with E-state index in [0.717, 1.165) is 25.5 Å². The zero-order valence-corrected chi connectivity index (χ0v) is 15.6. The van der Waals surface area contributed by atoms with E-state index in [-0.39, 0.29) is 36.5 Å². The van der Waals surface area contributed by atoms with Crippen molar-refractivity contribution in [3.8, 4) is 0 Å². The molecule has 3 N–H and O–H groups in total. The molecule has 2 aliphatic heterocycles. The molecule has 0 radical (unpaired) electrons. The van der Waals surface area contributed by atoms with Gasteiger partial charge in [-0.15, -0.1) is 0 Å². The Bertz CT molecular complexity index is 938. The average Bonchev–Trinajstić information content (AvgIpc) is 2.85. The third-order valence-electron chi connectivity index (χ3n) is 6.69. The number of hydrogen-bond donors (Lipinski definition) is 3. The van der Waals surface area contributed by atoms with Gasteiger partial charge in [0.15, 0.2) is 4.90 Å². The maximum absolute atomic E-state index is 13.1. The van der Waals surface area contributed by atoms with Crippen molar-refractivity contribution in [1.29, 1.82) is 0 Å². The van der Waals surface area contributed by atoms with Gasteiger partial charge in [-0.2, -0.15) is 4.31 Å². The third kappa shape index (κ3) is 2.43. The lowest BCUT2D eigenvalue weighted by molar-refractivity contribution is -0.0635. The molecule has 1 saturated carbocycles. The van der Waals surface area contributed by atoms with E-state index >= 15 is 0 Å². The van der Waals surface area contributed by atoms with E-state index in [9.17, 15) is 23.1 Å².